The molecule has 0 saturated heterocycles. The standard InChI is InChI=1S/C14H17ClN2O/c1-14(2)12(7-13(14)18-3)17-11-5-4-10(15)6-9(11)8-16/h4-6,12-13,17H,7H2,1-3H3. The van der Waals surface area contributed by atoms with Crippen LogP contribution in [0.2, 0.25) is 5.02 Å². The second kappa shape index (κ2) is 4.79. The van der Waals surface area contributed by atoms with Crippen LogP contribution in [-0.4, -0.2) is 19.3 Å². The molecule has 1 fully saturated rings. The predicted molar refractivity (Wildman–Crippen MR) is 72.8 cm³/mol. The van der Waals surface area contributed by atoms with Crippen LogP contribution in [0.1, 0.15) is 25.8 Å². The largest absolute Gasteiger partial charge is 0.381 e. The average Bonchev–Trinajstić information content (AvgIpc) is 2.35. The highest BCUT2D eigenvalue weighted by Crippen LogP contribution is 2.44. The van der Waals surface area contributed by atoms with Gasteiger partial charge in [0.1, 0.15) is 6.07 Å². The Morgan fingerprint density at radius 2 is 2.22 bits per heavy atom. The normalized spacial score (nSPS) is 25.1. The van der Waals surface area contributed by atoms with E-state index in [1.807, 2.05) is 6.07 Å². The van der Waals surface area contributed by atoms with Gasteiger partial charge in [0.15, 0.2) is 0 Å². The number of hydrogen-bond acceptors (Lipinski definition) is 3. The van der Waals surface area contributed by atoms with Crippen molar-refractivity contribution >= 4 is 17.3 Å². The fourth-order valence-corrected chi connectivity index (χ4v) is 2.63. The lowest BCUT2D eigenvalue weighted by atomic mass is 9.64. The lowest BCUT2D eigenvalue weighted by molar-refractivity contribution is -0.0794. The first kappa shape index (κ1) is 13.2. The molecule has 1 aliphatic carbocycles. The smallest absolute Gasteiger partial charge is 0.101 e. The summed E-state index contributed by atoms with van der Waals surface area (Å²) in [5.74, 6) is 0. The van der Waals surface area contributed by atoms with Crippen LogP contribution < -0.4 is 5.32 Å². The van der Waals surface area contributed by atoms with E-state index in [1.54, 1.807) is 19.2 Å². The molecule has 4 heteroatoms. The molecule has 1 aliphatic rings. The van der Waals surface area contributed by atoms with Crippen LogP contribution in [0.25, 0.3) is 0 Å². The van der Waals surface area contributed by atoms with Gasteiger partial charge in [0.2, 0.25) is 0 Å². The van der Waals surface area contributed by atoms with Crippen molar-refractivity contribution in [3.63, 3.8) is 0 Å². The van der Waals surface area contributed by atoms with Gasteiger partial charge in [0.05, 0.1) is 17.4 Å². The highest BCUT2D eigenvalue weighted by atomic mass is 35.5. The topological polar surface area (TPSA) is 45.0 Å². The van der Waals surface area contributed by atoms with Crippen molar-refractivity contribution in [1.29, 1.82) is 5.26 Å². The number of benzene rings is 1. The van der Waals surface area contributed by atoms with Gasteiger partial charge in [-0.05, 0) is 24.6 Å². The molecule has 0 aromatic heterocycles. The minimum atomic E-state index is 0.0705. The zero-order valence-electron chi connectivity index (χ0n) is 10.8. The summed E-state index contributed by atoms with van der Waals surface area (Å²) in [6.07, 6.45) is 1.23. The number of nitrogens with one attached hydrogen (secondary N) is 1. The van der Waals surface area contributed by atoms with E-state index < -0.39 is 0 Å². The number of ether oxygens (including phenoxy) is 1. The monoisotopic (exact) mass is 264 g/mol. The molecule has 2 atom stereocenters. The van der Waals surface area contributed by atoms with E-state index in [-0.39, 0.29) is 11.5 Å². The van der Waals surface area contributed by atoms with Crippen molar-refractivity contribution in [2.24, 2.45) is 5.41 Å². The van der Waals surface area contributed by atoms with E-state index in [0.29, 0.717) is 16.6 Å². The van der Waals surface area contributed by atoms with Crippen molar-refractivity contribution < 1.29 is 4.74 Å². The number of nitriles is 1. The maximum absolute atomic E-state index is 9.10. The van der Waals surface area contributed by atoms with Gasteiger partial charge in [-0.2, -0.15) is 5.26 Å². The predicted octanol–water partition coefficient (Wildman–Crippen LogP) is 3.44. The second-order valence-electron chi connectivity index (χ2n) is 5.28. The fraction of sp³-hybridized carbons (Fsp3) is 0.500. The van der Waals surface area contributed by atoms with E-state index in [4.69, 9.17) is 21.6 Å². The van der Waals surface area contributed by atoms with Crippen molar-refractivity contribution in [3.05, 3.63) is 28.8 Å². The van der Waals surface area contributed by atoms with Crippen LogP contribution in [0.4, 0.5) is 5.69 Å². The fourth-order valence-electron chi connectivity index (χ4n) is 2.45. The zero-order valence-corrected chi connectivity index (χ0v) is 11.6. The molecule has 0 amide bonds. The van der Waals surface area contributed by atoms with E-state index in [1.165, 1.54) is 0 Å². The molecule has 3 nitrogen and oxygen atoms in total. The molecule has 0 heterocycles. The summed E-state index contributed by atoms with van der Waals surface area (Å²) in [5, 5.41) is 13.1. The third kappa shape index (κ3) is 2.19. The summed E-state index contributed by atoms with van der Waals surface area (Å²) in [4.78, 5) is 0. The molecule has 0 radical (unpaired) electrons. The lowest BCUT2D eigenvalue weighted by Crippen LogP contribution is -2.57. The maximum atomic E-state index is 9.10. The molecule has 2 unspecified atom stereocenters. The Kier molecular flexibility index (Phi) is 3.52. The Balaban J connectivity index is 2.15. The Bertz CT molecular complexity index is 493. The summed E-state index contributed by atoms with van der Waals surface area (Å²) in [6.45, 7) is 4.34. The van der Waals surface area contributed by atoms with Crippen molar-refractivity contribution in [1.82, 2.24) is 0 Å². The molecule has 0 spiro atoms. The van der Waals surface area contributed by atoms with Crippen molar-refractivity contribution in [2.45, 2.75) is 32.4 Å². The summed E-state index contributed by atoms with van der Waals surface area (Å²) >= 11 is 5.88. The Morgan fingerprint density at radius 1 is 1.50 bits per heavy atom. The second-order valence-corrected chi connectivity index (χ2v) is 5.72. The van der Waals surface area contributed by atoms with Gasteiger partial charge in [0, 0.05) is 23.6 Å². The summed E-state index contributed by atoms with van der Waals surface area (Å²) in [5.41, 5.74) is 1.50. The zero-order chi connectivity index (χ0) is 13.3. The number of anilines is 1. The molecule has 1 saturated carbocycles. The minimum Gasteiger partial charge on any atom is -0.381 e. The first-order chi connectivity index (χ1) is 8.48. The number of methoxy groups -OCH3 is 1. The van der Waals surface area contributed by atoms with Gasteiger partial charge in [0.25, 0.3) is 0 Å². The quantitative estimate of drug-likeness (QED) is 0.910. The highest BCUT2D eigenvalue weighted by molar-refractivity contribution is 6.30. The average molecular weight is 265 g/mol. The SMILES string of the molecule is COC1CC(Nc2ccc(Cl)cc2C#N)C1(C)C. The number of nitrogens with zero attached hydrogens (tertiary/aromatic N) is 1. The maximum Gasteiger partial charge on any atom is 0.101 e. The van der Waals surface area contributed by atoms with Crippen LogP contribution >= 0.6 is 11.6 Å². The molecule has 18 heavy (non-hydrogen) atoms. The number of halogens is 1. The Morgan fingerprint density at radius 3 is 2.78 bits per heavy atom. The van der Waals surface area contributed by atoms with Crippen LogP contribution in [-0.2, 0) is 4.74 Å². The molecule has 0 aliphatic heterocycles. The molecule has 2 rings (SSSR count). The summed E-state index contributed by atoms with van der Waals surface area (Å²) < 4.78 is 5.42. The Hall–Kier alpha value is -1.24. The van der Waals surface area contributed by atoms with Gasteiger partial charge < -0.3 is 10.1 Å². The molecule has 0 bridgehead atoms. The lowest BCUT2D eigenvalue weighted by Gasteiger charge is -2.51. The van der Waals surface area contributed by atoms with E-state index >= 15 is 0 Å². The first-order valence-corrected chi connectivity index (χ1v) is 6.36. The summed E-state index contributed by atoms with van der Waals surface area (Å²) in [6, 6.07) is 7.82. The van der Waals surface area contributed by atoms with Crippen LogP contribution in [0.15, 0.2) is 18.2 Å². The van der Waals surface area contributed by atoms with Crippen molar-refractivity contribution in [3.8, 4) is 6.07 Å². The number of hydrogen-bond donors (Lipinski definition) is 1. The summed E-state index contributed by atoms with van der Waals surface area (Å²) in [7, 11) is 1.74. The van der Waals surface area contributed by atoms with Gasteiger partial charge in [-0.1, -0.05) is 25.4 Å². The van der Waals surface area contributed by atoms with Crippen LogP contribution in [0.5, 0.6) is 0 Å². The van der Waals surface area contributed by atoms with Crippen LogP contribution in [0, 0.1) is 16.7 Å². The first-order valence-electron chi connectivity index (χ1n) is 5.98. The van der Waals surface area contributed by atoms with Gasteiger partial charge >= 0.3 is 0 Å². The molecule has 1 N–H and O–H groups in total. The minimum absolute atomic E-state index is 0.0705. The highest BCUT2D eigenvalue weighted by Gasteiger charge is 2.48. The van der Waals surface area contributed by atoms with Crippen molar-refractivity contribution in [2.75, 3.05) is 12.4 Å². The molecular weight excluding hydrogens is 248 g/mol. The van der Waals surface area contributed by atoms with E-state index in [9.17, 15) is 0 Å². The van der Waals surface area contributed by atoms with E-state index in [0.717, 1.165) is 12.1 Å². The van der Waals surface area contributed by atoms with E-state index in [2.05, 4.69) is 25.2 Å². The third-order valence-electron chi connectivity index (χ3n) is 3.89. The molecule has 1 aromatic rings. The van der Waals surface area contributed by atoms with Gasteiger partial charge in [-0.25, -0.2) is 0 Å². The molecule has 1 aromatic carbocycles. The van der Waals surface area contributed by atoms with Gasteiger partial charge in [-0.15, -0.1) is 0 Å². The number of rotatable bonds is 3. The Labute approximate surface area is 113 Å². The van der Waals surface area contributed by atoms with Gasteiger partial charge in [-0.3, -0.25) is 0 Å². The molecule has 96 valence electrons. The molecular formula is C14H17ClN2O. The van der Waals surface area contributed by atoms with Crippen LogP contribution in [0.3, 0.4) is 0 Å². The third-order valence-corrected chi connectivity index (χ3v) is 4.13.